The van der Waals surface area contributed by atoms with Gasteiger partial charge in [-0.05, 0) is 69.2 Å². The molecule has 0 saturated heterocycles. The van der Waals surface area contributed by atoms with Gasteiger partial charge in [0, 0.05) is 31.6 Å². The highest BCUT2D eigenvalue weighted by Gasteiger charge is 2.44. The van der Waals surface area contributed by atoms with E-state index in [1.54, 1.807) is 45.0 Å². The molecule has 40 heavy (non-hydrogen) atoms. The van der Waals surface area contributed by atoms with E-state index in [1.807, 2.05) is 0 Å². The van der Waals surface area contributed by atoms with E-state index in [0.29, 0.717) is 29.9 Å². The highest BCUT2D eigenvalue weighted by atomic mass is 19.4. The smallest absolute Gasteiger partial charge is 0.494 e. The fraction of sp³-hybridized carbons (Fsp3) is 0.464. The quantitative estimate of drug-likeness (QED) is 0.291. The van der Waals surface area contributed by atoms with Crippen LogP contribution in [0, 0.1) is 0 Å². The number of amides is 1. The van der Waals surface area contributed by atoms with E-state index in [2.05, 4.69) is 15.0 Å². The van der Waals surface area contributed by atoms with E-state index < -0.39 is 29.4 Å². The number of aliphatic imine (C=N–C) groups is 1. The van der Waals surface area contributed by atoms with Crippen LogP contribution in [0.1, 0.15) is 51.2 Å². The van der Waals surface area contributed by atoms with Crippen molar-refractivity contribution in [1.29, 1.82) is 0 Å². The van der Waals surface area contributed by atoms with Crippen molar-refractivity contribution in [3.63, 3.8) is 0 Å². The summed E-state index contributed by atoms with van der Waals surface area (Å²) in [5.74, 6) is -0.565. The van der Waals surface area contributed by atoms with Gasteiger partial charge in [-0.1, -0.05) is 12.1 Å². The van der Waals surface area contributed by atoms with Crippen molar-refractivity contribution in [2.45, 2.75) is 64.1 Å². The summed E-state index contributed by atoms with van der Waals surface area (Å²) < 4.78 is 57.8. The average molecular weight is 567 g/mol. The number of aliphatic hydroxyl groups excluding tert-OH is 1. The number of rotatable bonds is 12. The zero-order valence-electron chi connectivity index (χ0n) is 22.5. The third kappa shape index (κ3) is 9.44. The van der Waals surface area contributed by atoms with Crippen LogP contribution in [0.2, 0.25) is 0 Å². The molecule has 1 amide bonds. The Morgan fingerprint density at radius 3 is 2.30 bits per heavy atom. The molecule has 0 bridgehead atoms. The molecule has 0 aromatic heterocycles. The minimum Gasteiger partial charge on any atom is -0.494 e. The Bertz CT molecular complexity index is 1180. The van der Waals surface area contributed by atoms with Crippen LogP contribution in [0.4, 0.5) is 13.2 Å². The number of alkyl halides is 3. The largest absolute Gasteiger partial charge is 0.573 e. The summed E-state index contributed by atoms with van der Waals surface area (Å²) in [4.78, 5) is 30.4. The Labute approximate surface area is 230 Å². The number of benzene rings is 2. The van der Waals surface area contributed by atoms with Crippen LogP contribution in [0.5, 0.6) is 11.5 Å². The summed E-state index contributed by atoms with van der Waals surface area (Å²) in [5.41, 5.74) is -0.996. The van der Waals surface area contributed by atoms with Crippen LogP contribution in [0.25, 0.3) is 0 Å². The average Bonchev–Trinajstić information content (AvgIpc) is 3.31. The minimum absolute atomic E-state index is 0.00402. The molecule has 2 N–H and O–H groups in total. The highest BCUT2D eigenvalue weighted by molar-refractivity contribution is 6.00. The number of halogens is 3. The van der Waals surface area contributed by atoms with E-state index in [1.165, 1.54) is 12.1 Å². The van der Waals surface area contributed by atoms with Gasteiger partial charge in [0.15, 0.2) is 5.54 Å². The molecule has 2 aromatic carbocycles. The summed E-state index contributed by atoms with van der Waals surface area (Å²) >= 11 is 0. The van der Waals surface area contributed by atoms with E-state index >= 15 is 0 Å². The van der Waals surface area contributed by atoms with Gasteiger partial charge in [-0.25, -0.2) is 4.99 Å². The van der Waals surface area contributed by atoms with Crippen LogP contribution in [-0.4, -0.2) is 60.2 Å². The van der Waals surface area contributed by atoms with Gasteiger partial charge in [-0.3, -0.25) is 9.59 Å². The molecule has 1 atom stereocenters. The number of carbonyl (C=O) groups excluding carboxylic acids is 2. The third-order valence-electron chi connectivity index (χ3n) is 5.63. The number of hydrogen-bond donors (Lipinski definition) is 2. The van der Waals surface area contributed by atoms with Gasteiger partial charge in [0.25, 0.3) is 5.91 Å². The van der Waals surface area contributed by atoms with Gasteiger partial charge in [-0.2, -0.15) is 0 Å². The maximum absolute atomic E-state index is 13.4. The SMILES string of the molecule is CC(C)(C)OC(=O)CC[C@]1(C(=O)NCc2ccc(OC(F)(F)F)cc2)COC(c2ccc(OCCCO)cc2)=N1. The first kappa shape index (κ1) is 30.7. The molecule has 9 nitrogen and oxygen atoms in total. The van der Waals surface area contributed by atoms with Crippen molar-refractivity contribution in [1.82, 2.24) is 5.32 Å². The van der Waals surface area contributed by atoms with Gasteiger partial charge in [0.2, 0.25) is 5.90 Å². The molecule has 3 rings (SSSR count). The lowest BCUT2D eigenvalue weighted by Gasteiger charge is -2.24. The number of ether oxygens (including phenoxy) is 4. The molecule has 0 saturated carbocycles. The lowest BCUT2D eigenvalue weighted by molar-refractivity contribution is -0.274. The monoisotopic (exact) mass is 566 g/mol. The standard InChI is InChI=1S/C28H33F3N2O7/c1-26(2,3)40-23(35)13-14-27(25(36)32-17-19-5-9-22(10-6-19)39-28(29,30)31)18-38-24(33-27)20-7-11-21(12-8-20)37-16-4-15-34/h5-12,34H,4,13-18H2,1-3H3,(H,32,36)/t27-/m1/s1. The fourth-order valence-corrected chi connectivity index (χ4v) is 3.76. The molecule has 1 aliphatic heterocycles. The second-order valence-corrected chi connectivity index (χ2v) is 10.1. The van der Waals surface area contributed by atoms with Crippen LogP contribution < -0.4 is 14.8 Å². The number of hydrogen-bond acceptors (Lipinski definition) is 8. The minimum atomic E-state index is -4.80. The molecule has 1 heterocycles. The highest BCUT2D eigenvalue weighted by Crippen LogP contribution is 2.29. The second-order valence-electron chi connectivity index (χ2n) is 10.1. The zero-order valence-corrected chi connectivity index (χ0v) is 22.5. The molecule has 12 heteroatoms. The number of aliphatic hydroxyl groups is 1. The number of nitrogens with zero attached hydrogens (tertiary/aromatic N) is 1. The van der Waals surface area contributed by atoms with Crippen molar-refractivity contribution in [3.8, 4) is 11.5 Å². The summed E-state index contributed by atoms with van der Waals surface area (Å²) in [6.45, 7) is 5.49. The van der Waals surface area contributed by atoms with Gasteiger partial charge in [0.05, 0.1) is 6.61 Å². The van der Waals surface area contributed by atoms with Crippen molar-refractivity contribution in [2.24, 2.45) is 4.99 Å². The molecule has 0 aliphatic carbocycles. The third-order valence-corrected chi connectivity index (χ3v) is 5.63. The molecule has 1 aliphatic rings. The van der Waals surface area contributed by atoms with Gasteiger partial charge < -0.3 is 29.4 Å². The van der Waals surface area contributed by atoms with Crippen molar-refractivity contribution < 1.29 is 46.8 Å². The van der Waals surface area contributed by atoms with Crippen LogP contribution in [0.3, 0.4) is 0 Å². The summed E-state index contributed by atoms with van der Waals surface area (Å²) in [7, 11) is 0. The molecular formula is C28H33F3N2O7. The summed E-state index contributed by atoms with van der Waals surface area (Å²) in [6.07, 6.45) is -4.38. The maximum atomic E-state index is 13.4. The number of esters is 1. The summed E-state index contributed by atoms with van der Waals surface area (Å²) in [6, 6.07) is 12.0. The normalized spacial score (nSPS) is 17.0. The Morgan fingerprint density at radius 2 is 1.70 bits per heavy atom. The predicted molar refractivity (Wildman–Crippen MR) is 139 cm³/mol. The summed E-state index contributed by atoms with van der Waals surface area (Å²) in [5, 5.41) is 11.6. The molecule has 0 unspecified atom stereocenters. The van der Waals surface area contributed by atoms with Crippen LogP contribution in [-0.2, 0) is 25.6 Å². The van der Waals surface area contributed by atoms with Gasteiger partial charge in [-0.15, -0.1) is 13.2 Å². The lowest BCUT2D eigenvalue weighted by atomic mass is 9.94. The Balaban J connectivity index is 1.74. The first-order valence-electron chi connectivity index (χ1n) is 12.7. The predicted octanol–water partition coefficient (Wildman–Crippen LogP) is 4.30. The molecule has 0 fully saturated rings. The molecule has 0 radical (unpaired) electrons. The Morgan fingerprint density at radius 1 is 1.05 bits per heavy atom. The number of nitrogens with one attached hydrogen (secondary N) is 1. The first-order valence-corrected chi connectivity index (χ1v) is 12.7. The molecule has 2 aromatic rings. The molecular weight excluding hydrogens is 533 g/mol. The van der Waals surface area contributed by atoms with Crippen molar-refractivity contribution >= 4 is 17.8 Å². The van der Waals surface area contributed by atoms with Crippen LogP contribution in [0.15, 0.2) is 53.5 Å². The Hall–Kier alpha value is -3.80. The maximum Gasteiger partial charge on any atom is 0.573 e. The van der Waals surface area contributed by atoms with E-state index in [9.17, 15) is 22.8 Å². The fourth-order valence-electron chi connectivity index (χ4n) is 3.76. The first-order chi connectivity index (χ1) is 18.8. The van der Waals surface area contributed by atoms with E-state index in [0.717, 1.165) is 12.1 Å². The van der Waals surface area contributed by atoms with Crippen molar-refractivity contribution in [2.75, 3.05) is 19.8 Å². The van der Waals surface area contributed by atoms with Gasteiger partial charge in [0.1, 0.15) is 23.7 Å². The second kappa shape index (κ2) is 13.0. The van der Waals surface area contributed by atoms with Gasteiger partial charge >= 0.3 is 12.3 Å². The van der Waals surface area contributed by atoms with Crippen LogP contribution >= 0.6 is 0 Å². The molecule has 0 spiro atoms. The topological polar surface area (TPSA) is 116 Å². The molecule has 218 valence electrons. The Kier molecular flexibility index (Phi) is 10.0. The van der Waals surface area contributed by atoms with Crippen molar-refractivity contribution in [3.05, 3.63) is 59.7 Å². The lowest BCUT2D eigenvalue weighted by Crippen LogP contribution is -2.47. The van der Waals surface area contributed by atoms with E-state index in [-0.39, 0.29) is 44.2 Å². The zero-order chi connectivity index (χ0) is 29.4. The number of carbonyl (C=O) groups is 2. The van der Waals surface area contributed by atoms with E-state index in [4.69, 9.17) is 19.3 Å².